The zero-order chi connectivity index (χ0) is 17.4. The highest BCUT2D eigenvalue weighted by molar-refractivity contribution is 6.30. The lowest BCUT2D eigenvalue weighted by molar-refractivity contribution is 0.0712. The largest absolute Gasteiger partial charge is 0.358 e. The topological polar surface area (TPSA) is 36.1 Å². The van der Waals surface area contributed by atoms with Crippen molar-refractivity contribution in [1.82, 2.24) is 9.88 Å². The number of aromatic amines is 1. The van der Waals surface area contributed by atoms with Crippen molar-refractivity contribution in [3.63, 3.8) is 0 Å². The minimum atomic E-state index is -0.222. The summed E-state index contributed by atoms with van der Waals surface area (Å²) in [6, 6.07) is 13.9. The number of carbonyl (C=O) groups is 1. The van der Waals surface area contributed by atoms with E-state index in [1.165, 1.54) is 6.07 Å². The molecule has 5 heteroatoms. The third-order valence-corrected chi connectivity index (χ3v) is 5.13. The number of nitrogens with zero attached hydrogens (tertiary/aromatic N) is 1. The third kappa shape index (κ3) is 3.27. The second-order valence-corrected chi connectivity index (χ2v) is 6.97. The Kier molecular flexibility index (Phi) is 4.22. The molecule has 1 aliphatic heterocycles. The summed E-state index contributed by atoms with van der Waals surface area (Å²) < 4.78 is 13.4. The Bertz CT molecular complexity index is 928. The van der Waals surface area contributed by atoms with Crippen LogP contribution in [0.2, 0.25) is 5.02 Å². The predicted octanol–water partition coefficient (Wildman–Crippen LogP) is 4.98. The van der Waals surface area contributed by atoms with Crippen molar-refractivity contribution in [3.8, 4) is 0 Å². The van der Waals surface area contributed by atoms with Gasteiger partial charge in [-0.3, -0.25) is 4.79 Å². The molecule has 1 fully saturated rings. The number of hydrogen-bond acceptors (Lipinski definition) is 1. The molecule has 1 aliphatic rings. The van der Waals surface area contributed by atoms with Gasteiger partial charge in [-0.05, 0) is 55.3 Å². The van der Waals surface area contributed by atoms with Crippen LogP contribution in [0.1, 0.15) is 34.8 Å². The molecule has 0 atom stereocenters. The number of amides is 1. The van der Waals surface area contributed by atoms with Gasteiger partial charge in [0.05, 0.1) is 0 Å². The van der Waals surface area contributed by atoms with E-state index >= 15 is 0 Å². The molecule has 0 aliphatic carbocycles. The van der Waals surface area contributed by atoms with Crippen molar-refractivity contribution in [2.24, 2.45) is 0 Å². The van der Waals surface area contributed by atoms with E-state index in [2.05, 4.69) is 4.98 Å². The van der Waals surface area contributed by atoms with E-state index in [4.69, 9.17) is 11.6 Å². The van der Waals surface area contributed by atoms with Crippen molar-refractivity contribution in [1.29, 1.82) is 0 Å². The summed E-state index contributed by atoms with van der Waals surface area (Å²) in [6.07, 6.45) is 1.78. The highest BCUT2D eigenvalue weighted by Crippen LogP contribution is 2.30. The highest BCUT2D eigenvalue weighted by atomic mass is 35.5. The second kappa shape index (κ2) is 6.52. The fraction of sp³-hybridized carbons (Fsp3) is 0.250. The van der Waals surface area contributed by atoms with Crippen LogP contribution in [0.3, 0.4) is 0 Å². The Labute approximate surface area is 150 Å². The molecule has 3 aromatic rings. The zero-order valence-electron chi connectivity index (χ0n) is 13.6. The molecular formula is C20H18ClFN2O. The van der Waals surface area contributed by atoms with E-state index in [0.29, 0.717) is 29.6 Å². The standard InChI is InChI=1S/C20H18ClFN2O/c21-16-3-1-2-14(10-16)20(25)24-8-6-13(7-9-24)19-12-15-11-17(22)4-5-18(15)23-19/h1-5,10-13,23H,6-9H2. The Morgan fingerprint density at radius 2 is 1.92 bits per heavy atom. The van der Waals surface area contributed by atoms with Crippen LogP contribution in [0.4, 0.5) is 4.39 Å². The van der Waals surface area contributed by atoms with Gasteiger partial charge in [0.2, 0.25) is 0 Å². The Morgan fingerprint density at radius 3 is 2.68 bits per heavy atom. The van der Waals surface area contributed by atoms with Crippen LogP contribution in [0.15, 0.2) is 48.5 Å². The van der Waals surface area contributed by atoms with E-state index < -0.39 is 0 Å². The lowest BCUT2D eigenvalue weighted by Gasteiger charge is -2.31. The van der Waals surface area contributed by atoms with Gasteiger partial charge >= 0.3 is 0 Å². The number of nitrogens with one attached hydrogen (secondary N) is 1. The quantitative estimate of drug-likeness (QED) is 0.690. The maximum absolute atomic E-state index is 13.4. The first-order valence-electron chi connectivity index (χ1n) is 8.43. The number of halogens is 2. The summed E-state index contributed by atoms with van der Waals surface area (Å²) >= 11 is 5.98. The van der Waals surface area contributed by atoms with E-state index in [1.807, 2.05) is 11.0 Å². The van der Waals surface area contributed by atoms with Crippen LogP contribution in [-0.2, 0) is 0 Å². The minimum absolute atomic E-state index is 0.0275. The third-order valence-electron chi connectivity index (χ3n) is 4.90. The van der Waals surface area contributed by atoms with Crippen molar-refractivity contribution in [3.05, 3.63) is 70.6 Å². The van der Waals surface area contributed by atoms with Gasteiger partial charge in [0.15, 0.2) is 0 Å². The molecule has 0 bridgehead atoms. The van der Waals surface area contributed by atoms with Crippen LogP contribution in [0.5, 0.6) is 0 Å². The normalized spacial score (nSPS) is 15.7. The molecule has 3 nitrogen and oxygen atoms in total. The van der Waals surface area contributed by atoms with Gasteiger partial charge in [-0.25, -0.2) is 4.39 Å². The summed E-state index contributed by atoms with van der Waals surface area (Å²) in [5, 5.41) is 1.47. The highest BCUT2D eigenvalue weighted by Gasteiger charge is 2.25. The molecule has 0 saturated carbocycles. The first-order valence-corrected chi connectivity index (χ1v) is 8.81. The summed E-state index contributed by atoms with van der Waals surface area (Å²) in [4.78, 5) is 17.9. The van der Waals surface area contributed by atoms with Crippen LogP contribution in [0.25, 0.3) is 10.9 Å². The van der Waals surface area contributed by atoms with E-state index in [9.17, 15) is 9.18 Å². The van der Waals surface area contributed by atoms with E-state index in [0.717, 1.165) is 29.4 Å². The summed E-state index contributed by atoms with van der Waals surface area (Å²) in [5.41, 5.74) is 2.70. The van der Waals surface area contributed by atoms with Crippen molar-refractivity contribution in [2.75, 3.05) is 13.1 Å². The lowest BCUT2D eigenvalue weighted by atomic mass is 9.93. The van der Waals surface area contributed by atoms with Crippen LogP contribution in [-0.4, -0.2) is 28.9 Å². The van der Waals surface area contributed by atoms with Gasteiger partial charge in [0.25, 0.3) is 5.91 Å². The van der Waals surface area contributed by atoms with Gasteiger partial charge < -0.3 is 9.88 Å². The monoisotopic (exact) mass is 356 g/mol. The number of hydrogen-bond donors (Lipinski definition) is 1. The zero-order valence-corrected chi connectivity index (χ0v) is 14.4. The number of carbonyl (C=O) groups excluding carboxylic acids is 1. The molecule has 2 heterocycles. The number of benzene rings is 2. The molecule has 1 N–H and O–H groups in total. The second-order valence-electron chi connectivity index (χ2n) is 6.53. The number of rotatable bonds is 2. The molecular weight excluding hydrogens is 339 g/mol. The van der Waals surface area contributed by atoms with Gasteiger partial charge in [-0.15, -0.1) is 0 Å². The molecule has 128 valence electrons. The minimum Gasteiger partial charge on any atom is -0.358 e. The fourth-order valence-electron chi connectivity index (χ4n) is 3.54. The van der Waals surface area contributed by atoms with E-state index in [1.54, 1.807) is 36.4 Å². The summed E-state index contributed by atoms with van der Waals surface area (Å²) in [5.74, 6) is 0.165. The van der Waals surface area contributed by atoms with Crippen LogP contribution < -0.4 is 0 Å². The van der Waals surface area contributed by atoms with Crippen LogP contribution in [0, 0.1) is 5.82 Å². The van der Waals surface area contributed by atoms with E-state index in [-0.39, 0.29) is 11.7 Å². The van der Waals surface area contributed by atoms with Gasteiger partial charge in [0.1, 0.15) is 5.82 Å². The number of fused-ring (bicyclic) bond motifs is 1. The molecule has 4 rings (SSSR count). The van der Waals surface area contributed by atoms with Crippen molar-refractivity contribution < 1.29 is 9.18 Å². The number of likely N-dealkylation sites (tertiary alicyclic amines) is 1. The molecule has 0 spiro atoms. The maximum atomic E-state index is 13.4. The van der Waals surface area contributed by atoms with Gasteiger partial charge in [-0.2, -0.15) is 0 Å². The van der Waals surface area contributed by atoms with Crippen molar-refractivity contribution in [2.45, 2.75) is 18.8 Å². The van der Waals surface area contributed by atoms with Crippen molar-refractivity contribution >= 4 is 28.4 Å². The predicted molar refractivity (Wildman–Crippen MR) is 97.6 cm³/mol. The van der Waals surface area contributed by atoms with Gasteiger partial charge in [0, 0.05) is 46.2 Å². The maximum Gasteiger partial charge on any atom is 0.253 e. The first-order chi connectivity index (χ1) is 12.1. The number of piperidine rings is 1. The SMILES string of the molecule is O=C(c1cccc(Cl)c1)N1CCC(c2cc3cc(F)ccc3[nH]2)CC1. The molecule has 1 saturated heterocycles. The fourth-order valence-corrected chi connectivity index (χ4v) is 3.73. The average molecular weight is 357 g/mol. The Balaban J connectivity index is 1.46. The Morgan fingerprint density at radius 1 is 1.12 bits per heavy atom. The molecule has 1 amide bonds. The van der Waals surface area contributed by atoms with Crippen LogP contribution >= 0.6 is 11.6 Å². The summed E-state index contributed by atoms with van der Waals surface area (Å²) in [7, 11) is 0. The molecule has 0 unspecified atom stereocenters. The molecule has 0 radical (unpaired) electrons. The molecule has 1 aromatic heterocycles. The number of H-pyrrole nitrogens is 1. The van der Waals surface area contributed by atoms with Gasteiger partial charge in [-0.1, -0.05) is 17.7 Å². The Hall–Kier alpha value is -2.33. The average Bonchev–Trinajstić information content (AvgIpc) is 3.04. The number of aromatic nitrogens is 1. The summed E-state index contributed by atoms with van der Waals surface area (Å²) in [6.45, 7) is 1.42. The lowest BCUT2D eigenvalue weighted by Crippen LogP contribution is -2.38. The smallest absolute Gasteiger partial charge is 0.253 e. The molecule has 25 heavy (non-hydrogen) atoms. The first kappa shape index (κ1) is 16.2. The molecule has 2 aromatic carbocycles.